The molecule has 0 aliphatic carbocycles. The van der Waals surface area contributed by atoms with Gasteiger partial charge in [0.2, 0.25) is 0 Å². The van der Waals surface area contributed by atoms with Crippen LogP contribution < -0.4 is 14.2 Å². The highest BCUT2D eigenvalue weighted by molar-refractivity contribution is 5.88. The van der Waals surface area contributed by atoms with Crippen LogP contribution in [0.5, 0.6) is 23.0 Å². The molecule has 0 radical (unpaired) electrons. The van der Waals surface area contributed by atoms with Crippen molar-refractivity contribution in [3.63, 3.8) is 0 Å². The number of fused-ring (bicyclic) bond motifs is 1. The normalized spacial score (nSPS) is 14.7. The van der Waals surface area contributed by atoms with Crippen LogP contribution in [0.15, 0.2) is 48.7 Å². The summed E-state index contributed by atoms with van der Waals surface area (Å²) in [6, 6.07) is 11.7. The predicted molar refractivity (Wildman–Crippen MR) is 111 cm³/mol. The van der Waals surface area contributed by atoms with Gasteiger partial charge in [-0.25, -0.2) is 4.39 Å². The number of ether oxygens (including phenoxy) is 3. The second-order valence-corrected chi connectivity index (χ2v) is 7.11. The first-order valence-corrected chi connectivity index (χ1v) is 9.99. The summed E-state index contributed by atoms with van der Waals surface area (Å²) in [4.78, 5) is 6.85. The fourth-order valence-corrected chi connectivity index (χ4v) is 3.60. The number of piperidine rings is 1. The number of pyridine rings is 1. The Morgan fingerprint density at radius 1 is 0.966 bits per heavy atom. The van der Waals surface area contributed by atoms with Crippen molar-refractivity contribution in [2.75, 3.05) is 33.4 Å². The second kappa shape index (κ2) is 9.09. The third-order valence-corrected chi connectivity index (χ3v) is 5.16. The number of hydrogen-bond donors (Lipinski definition) is 0. The molecule has 2 aromatic carbocycles. The van der Waals surface area contributed by atoms with Crippen molar-refractivity contribution in [1.29, 1.82) is 0 Å². The summed E-state index contributed by atoms with van der Waals surface area (Å²) in [5, 5.41) is 0.732. The molecule has 1 aromatic heterocycles. The Morgan fingerprint density at radius 3 is 2.59 bits per heavy atom. The molecular formula is C23H25FN2O3. The summed E-state index contributed by atoms with van der Waals surface area (Å²) in [6.45, 7) is 3.76. The highest BCUT2D eigenvalue weighted by Crippen LogP contribution is 2.37. The van der Waals surface area contributed by atoms with E-state index in [9.17, 15) is 4.39 Å². The summed E-state index contributed by atoms with van der Waals surface area (Å²) in [5.41, 5.74) is 0.701. The molecule has 0 saturated carbocycles. The summed E-state index contributed by atoms with van der Waals surface area (Å²) in [5.74, 6) is 1.51. The van der Waals surface area contributed by atoms with Crippen molar-refractivity contribution in [2.24, 2.45) is 0 Å². The fraction of sp³-hybridized carbons (Fsp3) is 0.348. The predicted octanol–water partition coefficient (Wildman–Crippen LogP) is 5.04. The quantitative estimate of drug-likeness (QED) is 0.560. The lowest BCUT2D eigenvalue weighted by atomic mass is 10.1. The monoisotopic (exact) mass is 396 g/mol. The first kappa shape index (κ1) is 19.5. The molecule has 0 N–H and O–H groups in total. The molecule has 29 heavy (non-hydrogen) atoms. The van der Waals surface area contributed by atoms with Gasteiger partial charge in [0.1, 0.15) is 12.4 Å². The van der Waals surface area contributed by atoms with E-state index in [-0.39, 0.29) is 5.75 Å². The third kappa shape index (κ3) is 4.59. The van der Waals surface area contributed by atoms with Crippen LogP contribution in [-0.4, -0.2) is 43.2 Å². The molecule has 4 rings (SSSR count). The number of aromatic nitrogens is 1. The topological polar surface area (TPSA) is 43.8 Å². The van der Waals surface area contributed by atoms with E-state index in [1.54, 1.807) is 37.6 Å². The first-order valence-electron chi connectivity index (χ1n) is 9.99. The van der Waals surface area contributed by atoms with E-state index in [0.717, 1.165) is 25.0 Å². The summed E-state index contributed by atoms with van der Waals surface area (Å²) < 4.78 is 31.3. The van der Waals surface area contributed by atoms with Crippen LogP contribution in [0, 0.1) is 5.82 Å². The number of nitrogens with zero attached hydrogens (tertiary/aromatic N) is 2. The van der Waals surface area contributed by atoms with E-state index in [0.29, 0.717) is 29.4 Å². The van der Waals surface area contributed by atoms with Crippen LogP contribution in [-0.2, 0) is 0 Å². The lowest BCUT2D eigenvalue weighted by Gasteiger charge is -2.26. The maximum Gasteiger partial charge on any atom is 0.165 e. The SMILES string of the molecule is COc1cc2c(Oc3ccccc3F)ccnc2cc1OCCN1CCCCC1. The van der Waals surface area contributed by atoms with Crippen LogP contribution in [0.3, 0.4) is 0 Å². The van der Waals surface area contributed by atoms with Gasteiger partial charge < -0.3 is 14.2 Å². The van der Waals surface area contributed by atoms with Gasteiger partial charge in [-0.15, -0.1) is 0 Å². The van der Waals surface area contributed by atoms with Gasteiger partial charge in [-0.2, -0.15) is 0 Å². The Kier molecular flexibility index (Phi) is 6.10. The molecule has 152 valence electrons. The number of likely N-dealkylation sites (tertiary alicyclic amines) is 1. The van der Waals surface area contributed by atoms with Crippen LogP contribution in [0.25, 0.3) is 10.9 Å². The van der Waals surface area contributed by atoms with Gasteiger partial charge >= 0.3 is 0 Å². The third-order valence-electron chi connectivity index (χ3n) is 5.16. The zero-order valence-corrected chi connectivity index (χ0v) is 16.6. The molecule has 1 aliphatic heterocycles. The zero-order chi connectivity index (χ0) is 20.1. The molecule has 6 heteroatoms. The average Bonchev–Trinajstić information content (AvgIpc) is 2.76. The Balaban J connectivity index is 1.55. The number of hydrogen-bond acceptors (Lipinski definition) is 5. The molecule has 3 aromatic rings. The van der Waals surface area contributed by atoms with Gasteiger partial charge in [0.25, 0.3) is 0 Å². The molecule has 0 unspecified atom stereocenters. The zero-order valence-electron chi connectivity index (χ0n) is 16.6. The van der Waals surface area contributed by atoms with Gasteiger partial charge in [-0.1, -0.05) is 18.6 Å². The average molecular weight is 396 g/mol. The van der Waals surface area contributed by atoms with Crippen molar-refractivity contribution in [3.8, 4) is 23.0 Å². The van der Waals surface area contributed by atoms with E-state index < -0.39 is 5.82 Å². The molecule has 0 atom stereocenters. The van der Waals surface area contributed by atoms with E-state index >= 15 is 0 Å². The molecule has 1 aliphatic rings. The number of halogens is 1. The summed E-state index contributed by atoms with van der Waals surface area (Å²) >= 11 is 0. The highest BCUT2D eigenvalue weighted by atomic mass is 19.1. The van der Waals surface area contributed by atoms with Gasteiger partial charge in [0.15, 0.2) is 23.1 Å². The Labute approximate surface area is 170 Å². The maximum absolute atomic E-state index is 14.0. The maximum atomic E-state index is 14.0. The van der Waals surface area contributed by atoms with E-state index in [2.05, 4.69) is 9.88 Å². The Bertz CT molecular complexity index is 973. The molecule has 0 amide bonds. The van der Waals surface area contributed by atoms with Gasteiger partial charge in [-0.05, 0) is 50.2 Å². The van der Waals surface area contributed by atoms with Gasteiger partial charge in [0.05, 0.1) is 12.6 Å². The molecule has 1 saturated heterocycles. The largest absolute Gasteiger partial charge is 0.493 e. The Hall–Kier alpha value is -2.86. The molecule has 5 nitrogen and oxygen atoms in total. The lowest BCUT2D eigenvalue weighted by Crippen LogP contribution is -2.33. The smallest absolute Gasteiger partial charge is 0.165 e. The minimum Gasteiger partial charge on any atom is -0.493 e. The van der Waals surface area contributed by atoms with Crippen LogP contribution >= 0.6 is 0 Å². The van der Waals surface area contributed by atoms with Crippen molar-refractivity contribution < 1.29 is 18.6 Å². The standard InChI is InChI=1S/C23H25FN2O3/c1-27-22-15-17-19(16-23(22)28-14-13-26-11-5-2-6-12-26)25-10-9-20(17)29-21-8-4-3-7-18(21)24/h3-4,7-10,15-16H,2,5-6,11-14H2,1H3. The minimum atomic E-state index is -0.415. The minimum absolute atomic E-state index is 0.167. The van der Waals surface area contributed by atoms with E-state index in [1.165, 1.54) is 25.3 Å². The summed E-state index contributed by atoms with van der Waals surface area (Å²) in [6.07, 6.45) is 5.48. The van der Waals surface area contributed by atoms with Gasteiger partial charge in [0, 0.05) is 24.2 Å². The van der Waals surface area contributed by atoms with Crippen molar-refractivity contribution >= 4 is 10.9 Å². The second-order valence-electron chi connectivity index (χ2n) is 7.11. The first-order chi connectivity index (χ1) is 14.2. The van der Waals surface area contributed by atoms with Crippen LogP contribution in [0.4, 0.5) is 4.39 Å². The Morgan fingerprint density at radius 2 is 1.79 bits per heavy atom. The number of rotatable bonds is 7. The molecule has 0 spiro atoms. The van der Waals surface area contributed by atoms with Gasteiger partial charge in [-0.3, -0.25) is 9.88 Å². The lowest BCUT2D eigenvalue weighted by molar-refractivity contribution is 0.181. The van der Waals surface area contributed by atoms with Crippen molar-refractivity contribution in [2.45, 2.75) is 19.3 Å². The molecule has 1 fully saturated rings. The van der Waals surface area contributed by atoms with E-state index in [4.69, 9.17) is 14.2 Å². The summed E-state index contributed by atoms with van der Waals surface area (Å²) in [7, 11) is 1.60. The van der Waals surface area contributed by atoms with Crippen LogP contribution in [0.1, 0.15) is 19.3 Å². The number of para-hydroxylation sites is 1. The van der Waals surface area contributed by atoms with E-state index in [1.807, 2.05) is 12.1 Å². The molecular weight excluding hydrogens is 371 g/mol. The van der Waals surface area contributed by atoms with Crippen molar-refractivity contribution in [1.82, 2.24) is 9.88 Å². The number of methoxy groups -OCH3 is 1. The fourth-order valence-electron chi connectivity index (χ4n) is 3.60. The number of benzene rings is 2. The molecule has 0 bridgehead atoms. The molecule has 2 heterocycles. The van der Waals surface area contributed by atoms with Crippen LogP contribution in [0.2, 0.25) is 0 Å². The van der Waals surface area contributed by atoms with Crippen molar-refractivity contribution in [3.05, 3.63) is 54.5 Å². The highest BCUT2D eigenvalue weighted by Gasteiger charge is 2.14.